The van der Waals surface area contributed by atoms with E-state index < -0.39 is 0 Å². The van der Waals surface area contributed by atoms with Gasteiger partial charge in [0.05, 0.1) is 0 Å². The van der Waals surface area contributed by atoms with Gasteiger partial charge in [-0.15, -0.1) is 0 Å². The van der Waals surface area contributed by atoms with Crippen LogP contribution in [0.5, 0.6) is 0 Å². The lowest BCUT2D eigenvalue weighted by atomic mass is 9.92. The molecule has 0 bridgehead atoms. The van der Waals surface area contributed by atoms with Gasteiger partial charge >= 0.3 is 0 Å². The van der Waals surface area contributed by atoms with E-state index in [-0.39, 0.29) is 5.78 Å². The Labute approximate surface area is 106 Å². The van der Waals surface area contributed by atoms with Crippen molar-refractivity contribution in [3.63, 3.8) is 0 Å². The van der Waals surface area contributed by atoms with Crippen LogP contribution in [0.4, 0.5) is 0 Å². The van der Waals surface area contributed by atoms with E-state index in [1.54, 1.807) is 13.0 Å². The maximum atomic E-state index is 11.2. The zero-order valence-corrected chi connectivity index (χ0v) is 10.9. The maximum absolute atomic E-state index is 11.2. The van der Waals surface area contributed by atoms with Gasteiger partial charge < -0.3 is 0 Å². The second kappa shape index (κ2) is 5.24. The van der Waals surface area contributed by atoms with Gasteiger partial charge in [0.1, 0.15) is 0 Å². The first kappa shape index (κ1) is 12.0. The molecule has 0 spiro atoms. The number of carbonyl (C=O) groups excluding carboxylic acids is 1. The summed E-state index contributed by atoms with van der Waals surface area (Å²) < 4.78 is 0. The number of hydrogen-bond donors (Lipinski definition) is 0. The van der Waals surface area contributed by atoms with Gasteiger partial charge in [0.15, 0.2) is 5.78 Å². The lowest BCUT2D eigenvalue weighted by Crippen LogP contribution is -2.08. The van der Waals surface area contributed by atoms with Crippen LogP contribution in [0.25, 0.3) is 0 Å². The molecule has 86 valence electrons. The van der Waals surface area contributed by atoms with Gasteiger partial charge in [-0.3, -0.25) is 4.79 Å². The molecule has 0 aromatic heterocycles. The standard InChI is InChI=1S/C13H15ClOS/c1-9(15)11-2-3-12(13(14)8-11)10-4-6-16-7-5-10/h2-3,8,10H,4-7H2,1H3. The van der Waals surface area contributed by atoms with Gasteiger partial charge in [-0.25, -0.2) is 0 Å². The van der Waals surface area contributed by atoms with Crippen LogP contribution in [0.3, 0.4) is 0 Å². The monoisotopic (exact) mass is 254 g/mol. The highest BCUT2D eigenvalue weighted by Gasteiger charge is 2.18. The topological polar surface area (TPSA) is 17.1 Å². The second-order valence-corrected chi connectivity index (χ2v) is 5.81. The summed E-state index contributed by atoms with van der Waals surface area (Å²) in [7, 11) is 0. The number of benzene rings is 1. The number of carbonyl (C=O) groups is 1. The molecule has 16 heavy (non-hydrogen) atoms. The third-order valence-corrected chi connectivity index (χ3v) is 4.44. The number of halogens is 1. The van der Waals surface area contributed by atoms with Gasteiger partial charge in [-0.1, -0.05) is 23.7 Å². The number of hydrogen-bond acceptors (Lipinski definition) is 2. The molecule has 1 aromatic rings. The number of Topliss-reactive ketones (excluding diaryl/α,β-unsaturated/α-hetero) is 1. The fourth-order valence-corrected chi connectivity index (χ4v) is 3.53. The highest BCUT2D eigenvalue weighted by Crippen LogP contribution is 2.35. The third-order valence-electron chi connectivity index (χ3n) is 3.07. The van der Waals surface area contributed by atoms with Gasteiger partial charge in [-0.2, -0.15) is 11.8 Å². The van der Waals surface area contributed by atoms with Crippen LogP contribution in [0, 0.1) is 0 Å². The second-order valence-electron chi connectivity index (χ2n) is 4.18. The molecule has 1 aliphatic rings. The molecule has 0 aliphatic carbocycles. The van der Waals surface area contributed by atoms with Crippen LogP contribution in [-0.4, -0.2) is 17.3 Å². The highest BCUT2D eigenvalue weighted by molar-refractivity contribution is 7.99. The average Bonchev–Trinajstić information content (AvgIpc) is 2.30. The Morgan fingerprint density at radius 3 is 2.62 bits per heavy atom. The van der Waals surface area contributed by atoms with E-state index in [0.717, 1.165) is 5.02 Å². The van der Waals surface area contributed by atoms with Crippen LogP contribution in [-0.2, 0) is 0 Å². The molecule has 1 heterocycles. The first-order valence-corrected chi connectivity index (χ1v) is 7.10. The molecule has 1 fully saturated rings. The van der Waals surface area contributed by atoms with E-state index in [2.05, 4.69) is 0 Å². The Bertz CT molecular complexity index is 397. The van der Waals surface area contributed by atoms with Crippen molar-refractivity contribution in [3.8, 4) is 0 Å². The van der Waals surface area contributed by atoms with Crippen molar-refractivity contribution in [1.82, 2.24) is 0 Å². The van der Waals surface area contributed by atoms with Gasteiger partial charge in [-0.05, 0) is 48.8 Å². The van der Waals surface area contributed by atoms with Crippen LogP contribution in [0.15, 0.2) is 18.2 Å². The normalized spacial score (nSPS) is 17.4. The minimum Gasteiger partial charge on any atom is -0.295 e. The molecular weight excluding hydrogens is 240 g/mol. The van der Waals surface area contributed by atoms with Crippen LogP contribution in [0.2, 0.25) is 5.02 Å². The molecular formula is C13H15ClOS. The molecule has 3 heteroatoms. The molecule has 0 N–H and O–H groups in total. The molecule has 0 radical (unpaired) electrons. The first-order chi connectivity index (χ1) is 7.68. The van der Waals surface area contributed by atoms with Crippen molar-refractivity contribution >= 4 is 29.1 Å². The quantitative estimate of drug-likeness (QED) is 0.738. The summed E-state index contributed by atoms with van der Waals surface area (Å²) in [5.41, 5.74) is 1.92. The molecule has 0 atom stereocenters. The summed E-state index contributed by atoms with van der Waals surface area (Å²) in [6.07, 6.45) is 2.40. The molecule has 1 aliphatic heterocycles. The summed E-state index contributed by atoms with van der Waals surface area (Å²) in [6, 6.07) is 5.73. The van der Waals surface area contributed by atoms with Gasteiger partial charge in [0, 0.05) is 10.6 Å². The van der Waals surface area contributed by atoms with Gasteiger partial charge in [0.25, 0.3) is 0 Å². The minimum atomic E-state index is 0.0765. The largest absolute Gasteiger partial charge is 0.295 e. The zero-order valence-electron chi connectivity index (χ0n) is 9.33. The van der Waals surface area contributed by atoms with Crippen molar-refractivity contribution in [2.24, 2.45) is 0 Å². The number of ketones is 1. The number of rotatable bonds is 2. The molecule has 2 rings (SSSR count). The van der Waals surface area contributed by atoms with E-state index in [1.165, 1.54) is 29.9 Å². The van der Waals surface area contributed by atoms with Gasteiger partial charge in [0.2, 0.25) is 0 Å². The molecule has 0 amide bonds. The summed E-state index contributed by atoms with van der Waals surface area (Å²) in [5, 5.41) is 0.754. The Hall–Kier alpha value is -0.470. The average molecular weight is 255 g/mol. The van der Waals surface area contributed by atoms with Crippen LogP contribution < -0.4 is 0 Å². The lowest BCUT2D eigenvalue weighted by molar-refractivity contribution is 0.101. The van der Waals surface area contributed by atoms with Crippen LogP contribution in [0.1, 0.15) is 41.6 Å². The zero-order chi connectivity index (χ0) is 11.5. The SMILES string of the molecule is CC(=O)c1ccc(C2CCSCC2)c(Cl)c1. The Morgan fingerprint density at radius 2 is 2.06 bits per heavy atom. The summed E-state index contributed by atoms with van der Waals surface area (Å²) >= 11 is 8.26. The molecule has 0 unspecified atom stereocenters. The number of thioether (sulfide) groups is 1. The highest BCUT2D eigenvalue weighted by atomic mass is 35.5. The molecule has 1 saturated heterocycles. The lowest BCUT2D eigenvalue weighted by Gasteiger charge is -2.22. The first-order valence-electron chi connectivity index (χ1n) is 5.56. The fraction of sp³-hybridized carbons (Fsp3) is 0.462. The van der Waals surface area contributed by atoms with Crippen LogP contribution >= 0.6 is 23.4 Å². The van der Waals surface area contributed by atoms with E-state index in [4.69, 9.17) is 11.6 Å². The Balaban J connectivity index is 2.24. The van der Waals surface area contributed by atoms with E-state index in [9.17, 15) is 4.79 Å². The maximum Gasteiger partial charge on any atom is 0.159 e. The van der Waals surface area contributed by atoms with E-state index in [1.807, 2.05) is 23.9 Å². The minimum absolute atomic E-state index is 0.0765. The van der Waals surface area contributed by atoms with Crippen molar-refractivity contribution in [1.29, 1.82) is 0 Å². The van der Waals surface area contributed by atoms with E-state index in [0.29, 0.717) is 11.5 Å². The predicted molar refractivity (Wildman–Crippen MR) is 70.8 cm³/mol. The molecule has 1 nitrogen and oxygen atoms in total. The Morgan fingerprint density at radius 1 is 1.38 bits per heavy atom. The van der Waals surface area contributed by atoms with Crippen molar-refractivity contribution < 1.29 is 4.79 Å². The van der Waals surface area contributed by atoms with E-state index >= 15 is 0 Å². The summed E-state index contributed by atoms with van der Waals surface area (Å²) in [4.78, 5) is 11.2. The predicted octanol–water partition coefficient (Wildman–Crippen LogP) is 4.15. The molecule has 1 aromatic carbocycles. The van der Waals surface area contributed by atoms with Crippen molar-refractivity contribution in [3.05, 3.63) is 34.3 Å². The summed E-state index contributed by atoms with van der Waals surface area (Å²) in [5.74, 6) is 3.09. The van der Waals surface area contributed by atoms with Crippen molar-refractivity contribution in [2.45, 2.75) is 25.7 Å². The summed E-state index contributed by atoms with van der Waals surface area (Å²) in [6.45, 7) is 1.57. The van der Waals surface area contributed by atoms with Crippen molar-refractivity contribution in [2.75, 3.05) is 11.5 Å². The molecule has 0 saturated carbocycles. The Kier molecular flexibility index (Phi) is 3.93. The fourth-order valence-electron chi connectivity index (χ4n) is 2.09. The third kappa shape index (κ3) is 2.61. The smallest absolute Gasteiger partial charge is 0.159 e.